The first-order chi connectivity index (χ1) is 15.5. The van der Waals surface area contributed by atoms with Crippen LogP contribution in [0.3, 0.4) is 0 Å². The van der Waals surface area contributed by atoms with Gasteiger partial charge in [-0.1, -0.05) is 33.2 Å². The van der Waals surface area contributed by atoms with E-state index in [1.165, 1.54) is 0 Å². The van der Waals surface area contributed by atoms with Gasteiger partial charge in [-0.2, -0.15) is 4.98 Å². The lowest BCUT2D eigenvalue weighted by Crippen LogP contribution is -2.33. The van der Waals surface area contributed by atoms with E-state index in [1.807, 2.05) is 24.3 Å². The maximum Gasteiger partial charge on any atom is 0.333 e. The molecule has 0 atom stereocenters. The highest BCUT2D eigenvalue weighted by Crippen LogP contribution is 2.25. The molecule has 0 unspecified atom stereocenters. The van der Waals surface area contributed by atoms with Crippen LogP contribution >= 0.6 is 15.9 Å². The number of aromatic amines is 1. The molecule has 8 nitrogen and oxygen atoms in total. The molecule has 1 N–H and O–H groups in total. The van der Waals surface area contributed by atoms with Gasteiger partial charge in [0.05, 0.1) is 23.7 Å². The van der Waals surface area contributed by atoms with Crippen molar-refractivity contribution in [3.05, 3.63) is 92.0 Å². The fraction of sp³-hybridized carbons (Fsp3) is 0.0435. The van der Waals surface area contributed by atoms with Crippen molar-refractivity contribution in [2.75, 3.05) is 7.11 Å². The number of rotatable bonds is 4. The Balaban J connectivity index is 1.57. The molecular weight excluding hydrogens is 476 g/mol. The number of nitrogens with zero attached hydrogens (tertiary/aromatic N) is 3. The highest BCUT2D eigenvalue weighted by Gasteiger charge is 2.14. The SMILES string of the molecule is COc1ccc(-n2c(=O)[nH]c3cc(-c4nc(-c5cccc(Br)c5)no4)ccc3c2=O)cc1. The number of halogens is 1. The molecule has 0 fully saturated rings. The Kier molecular flexibility index (Phi) is 4.95. The van der Waals surface area contributed by atoms with Gasteiger partial charge in [0, 0.05) is 15.6 Å². The summed E-state index contributed by atoms with van der Waals surface area (Å²) in [5.74, 6) is 1.34. The van der Waals surface area contributed by atoms with Crippen LogP contribution in [0.5, 0.6) is 5.75 Å². The van der Waals surface area contributed by atoms with Gasteiger partial charge in [0.15, 0.2) is 0 Å². The smallest absolute Gasteiger partial charge is 0.333 e. The fourth-order valence-corrected chi connectivity index (χ4v) is 3.80. The van der Waals surface area contributed by atoms with Crippen molar-refractivity contribution < 1.29 is 9.26 Å². The first-order valence-electron chi connectivity index (χ1n) is 9.57. The normalized spacial score (nSPS) is 11.1. The van der Waals surface area contributed by atoms with Gasteiger partial charge in [-0.3, -0.25) is 4.79 Å². The van der Waals surface area contributed by atoms with E-state index in [2.05, 4.69) is 31.1 Å². The number of fused-ring (bicyclic) bond motifs is 1. The largest absolute Gasteiger partial charge is 0.497 e. The number of methoxy groups -OCH3 is 1. The van der Waals surface area contributed by atoms with E-state index < -0.39 is 11.2 Å². The molecular formula is C23H15BrN4O4. The summed E-state index contributed by atoms with van der Waals surface area (Å²) in [6, 6.07) is 19.2. The molecule has 3 aromatic carbocycles. The molecule has 0 radical (unpaired) electrons. The maximum atomic E-state index is 13.0. The van der Waals surface area contributed by atoms with Crippen LogP contribution in [-0.4, -0.2) is 26.8 Å². The second-order valence-corrected chi connectivity index (χ2v) is 7.88. The average molecular weight is 491 g/mol. The zero-order chi connectivity index (χ0) is 22.2. The van der Waals surface area contributed by atoms with Gasteiger partial charge >= 0.3 is 5.69 Å². The lowest BCUT2D eigenvalue weighted by molar-refractivity contribution is 0.414. The maximum absolute atomic E-state index is 13.0. The number of H-pyrrole nitrogens is 1. The predicted molar refractivity (Wildman–Crippen MR) is 123 cm³/mol. The topological polar surface area (TPSA) is 103 Å². The van der Waals surface area contributed by atoms with Crippen molar-refractivity contribution in [2.24, 2.45) is 0 Å². The van der Waals surface area contributed by atoms with E-state index in [0.29, 0.717) is 33.7 Å². The van der Waals surface area contributed by atoms with Crippen LogP contribution in [-0.2, 0) is 0 Å². The molecule has 9 heteroatoms. The van der Waals surface area contributed by atoms with Gasteiger partial charge in [0.2, 0.25) is 5.82 Å². The molecule has 5 rings (SSSR count). The molecule has 5 aromatic rings. The van der Waals surface area contributed by atoms with Gasteiger partial charge in [-0.15, -0.1) is 0 Å². The summed E-state index contributed by atoms with van der Waals surface area (Å²) in [6.07, 6.45) is 0. The van der Waals surface area contributed by atoms with E-state index in [1.54, 1.807) is 49.6 Å². The summed E-state index contributed by atoms with van der Waals surface area (Å²) < 4.78 is 12.5. The molecule has 0 saturated carbocycles. The highest BCUT2D eigenvalue weighted by atomic mass is 79.9. The predicted octanol–water partition coefficient (Wildman–Crippen LogP) is 4.17. The van der Waals surface area contributed by atoms with Gasteiger partial charge in [-0.25, -0.2) is 9.36 Å². The minimum atomic E-state index is -0.551. The van der Waals surface area contributed by atoms with E-state index in [-0.39, 0.29) is 5.89 Å². The fourth-order valence-electron chi connectivity index (χ4n) is 3.40. The Morgan fingerprint density at radius 1 is 1.00 bits per heavy atom. The van der Waals surface area contributed by atoms with Crippen molar-refractivity contribution in [3.8, 4) is 34.3 Å². The van der Waals surface area contributed by atoms with E-state index in [9.17, 15) is 9.59 Å². The third kappa shape index (κ3) is 3.52. The summed E-state index contributed by atoms with van der Waals surface area (Å²) in [5.41, 5.74) is 1.23. The Bertz CT molecular complexity index is 1570. The number of aromatic nitrogens is 4. The average Bonchev–Trinajstić information content (AvgIpc) is 3.30. The highest BCUT2D eigenvalue weighted by molar-refractivity contribution is 9.10. The van der Waals surface area contributed by atoms with Crippen LogP contribution < -0.4 is 16.0 Å². The summed E-state index contributed by atoms with van der Waals surface area (Å²) in [4.78, 5) is 32.9. The second kappa shape index (κ2) is 7.93. The molecule has 0 saturated heterocycles. The molecule has 0 spiro atoms. The summed E-state index contributed by atoms with van der Waals surface area (Å²) in [7, 11) is 1.55. The van der Waals surface area contributed by atoms with E-state index in [0.717, 1.165) is 14.6 Å². The van der Waals surface area contributed by atoms with Gasteiger partial charge < -0.3 is 14.2 Å². The molecule has 0 amide bonds. The lowest BCUT2D eigenvalue weighted by atomic mass is 10.1. The first-order valence-corrected chi connectivity index (χ1v) is 10.4. The minimum absolute atomic E-state index is 0.280. The third-order valence-corrected chi connectivity index (χ3v) is 5.48. The van der Waals surface area contributed by atoms with Crippen LogP contribution in [0.15, 0.2) is 85.3 Å². The zero-order valence-corrected chi connectivity index (χ0v) is 18.3. The minimum Gasteiger partial charge on any atom is -0.497 e. The Hall–Kier alpha value is -3.98. The van der Waals surface area contributed by atoms with E-state index >= 15 is 0 Å². The van der Waals surface area contributed by atoms with Gasteiger partial charge in [0.1, 0.15) is 5.75 Å². The zero-order valence-electron chi connectivity index (χ0n) is 16.7. The second-order valence-electron chi connectivity index (χ2n) is 6.96. The molecule has 2 heterocycles. The molecule has 0 aliphatic heterocycles. The quantitative estimate of drug-likeness (QED) is 0.405. The van der Waals surface area contributed by atoms with Crippen molar-refractivity contribution in [2.45, 2.75) is 0 Å². The van der Waals surface area contributed by atoms with E-state index in [4.69, 9.17) is 9.26 Å². The van der Waals surface area contributed by atoms with Gasteiger partial charge in [-0.05, 0) is 54.6 Å². The monoisotopic (exact) mass is 490 g/mol. The number of benzene rings is 3. The molecule has 0 aliphatic carbocycles. The summed E-state index contributed by atoms with van der Waals surface area (Å²) >= 11 is 3.42. The molecule has 32 heavy (non-hydrogen) atoms. The van der Waals surface area contributed by atoms with Crippen molar-refractivity contribution in [1.29, 1.82) is 0 Å². The van der Waals surface area contributed by atoms with Crippen LogP contribution in [0.4, 0.5) is 0 Å². The Morgan fingerprint density at radius 3 is 2.56 bits per heavy atom. The Labute approximate surface area is 189 Å². The summed E-state index contributed by atoms with van der Waals surface area (Å²) in [6.45, 7) is 0. The van der Waals surface area contributed by atoms with Crippen LogP contribution in [0, 0.1) is 0 Å². The van der Waals surface area contributed by atoms with Crippen molar-refractivity contribution in [1.82, 2.24) is 19.7 Å². The Morgan fingerprint density at radius 2 is 1.81 bits per heavy atom. The van der Waals surface area contributed by atoms with Crippen molar-refractivity contribution >= 4 is 26.8 Å². The number of hydrogen-bond donors (Lipinski definition) is 1. The van der Waals surface area contributed by atoms with Crippen LogP contribution in [0.2, 0.25) is 0 Å². The molecule has 2 aromatic heterocycles. The van der Waals surface area contributed by atoms with Crippen molar-refractivity contribution in [3.63, 3.8) is 0 Å². The first kappa shape index (κ1) is 20.0. The van der Waals surface area contributed by atoms with Crippen LogP contribution in [0.25, 0.3) is 39.4 Å². The standard InChI is InChI=1S/C23H15BrN4O4/c1-31-17-8-6-16(7-9-17)28-22(29)18-10-5-14(12-19(18)25-23(28)30)21-26-20(27-32-21)13-3-2-4-15(24)11-13/h2-12H,1H3,(H,25,30). The molecule has 0 bridgehead atoms. The number of ether oxygens (including phenoxy) is 1. The molecule has 158 valence electrons. The van der Waals surface area contributed by atoms with Crippen LogP contribution in [0.1, 0.15) is 0 Å². The molecule has 0 aliphatic rings. The summed E-state index contributed by atoms with van der Waals surface area (Å²) in [5, 5.41) is 4.39. The number of nitrogens with one attached hydrogen (secondary N) is 1. The number of hydrogen-bond acceptors (Lipinski definition) is 6. The third-order valence-electron chi connectivity index (χ3n) is 4.98. The van der Waals surface area contributed by atoms with Gasteiger partial charge in [0.25, 0.3) is 11.4 Å². The lowest BCUT2D eigenvalue weighted by Gasteiger charge is -2.08.